The van der Waals surface area contributed by atoms with Gasteiger partial charge in [0, 0.05) is 0 Å². The Balaban J connectivity index is 0.000000307. The van der Waals surface area contributed by atoms with E-state index < -0.39 is 139 Å². The number of allylic oxidation sites excluding steroid dienone is 24. The van der Waals surface area contributed by atoms with E-state index in [0.29, 0.717) is 0 Å². The second-order valence-corrected chi connectivity index (χ2v) is 7.78. The van der Waals surface area contributed by atoms with E-state index >= 15 is 0 Å². The maximum Gasteiger partial charge on any atom is 0.200 e. The van der Waals surface area contributed by atoms with Gasteiger partial charge in [-0.3, -0.25) is 0 Å². The zero-order valence-electron chi connectivity index (χ0n) is 20.1. The minimum atomic E-state index is -2.84. The van der Waals surface area contributed by atoms with Crippen molar-refractivity contribution in [3.8, 4) is 0 Å². The van der Waals surface area contributed by atoms with Gasteiger partial charge in [0.25, 0.3) is 0 Å². The van der Waals surface area contributed by atoms with Crippen LogP contribution >= 0.6 is 0 Å². The summed E-state index contributed by atoms with van der Waals surface area (Å²) >= 11 is 0. The predicted octanol–water partition coefficient (Wildman–Crippen LogP) is 11.3. The molecule has 0 saturated heterocycles. The summed E-state index contributed by atoms with van der Waals surface area (Å²) in [6.07, 6.45) is 0. The van der Waals surface area contributed by atoms with Crippen molar-refractivity contribution in [2.75, 3.05) is 0 Å². The van der Waals surface area contributed by atoms with Gasteiger partial charge in [-0.25, -0.2) is 87.8 Å². The second-order valence-electron chi connectivity index (χ2n) is 7.78. The van der Waals surface area contributed by atoms with E-state index in [-0.39, 0.29) is 5.48 Å². The van der Waals surface area contributed by atoms with E-state index in [2.05, 4.69) is 0 Å². The largest absolute Gasteiger partial charge is 0.412 e. The summed E-state index contributed by atoms with van der Waals surface area (Å²) in [7, 11) is 0. The quantitative estimate of drug-likeness (QED) is 0.227. The van der Waals surface area contributed by atoms with Gasteiger partial charge in [-0.15, -0.1) is 0 Å². The minimum Gasteiger partial charge on any atom is -0.412 e. The Morgan fingerprint density at radius 2 is 0.222 bits per heavy atom. The predicted molar refractivity (Wildman–Crippen MR) is 110 cm³/mol. The lowest BCUT2D eigenvalue weighted by molar-refractivity contribution is 0.447. The normalized spacial score (nSPS) is 20.5. The molecule has 0 radical (unpaired) electrons. The Bertz CT molecular complexity index is 1550. The van der Waals surface area contributed by atoms with E-state index in [0.717, 1.165) is 0 Å². The molecule has 0 bridgehead atoms. The Morgan fingerprint density at radius 1 is 0.133 bits per heavy atom. The molecule has 2 N–H and O–H groups in total. The first kappa shape index (κ1) is 36.6. The van der Waals surface area contributed by atoms with Crippen molar-refractivity contribution in [1.82, 2.24) is 0 Å². The molecule has 4 aliphatic rings. The van der Waals surface area contributed by atoms with E-state index in [1.54, 1.807) is 0 Å². The van der Waals surface area contributed by atoms with Crippen LogP contribution in [0.2, 0.25) is 0 Å². The SMILES string of the molecule is FC1=C(F)C(F)=C2C(F)=C(F)C(F)=C(F)C(F)=C2C(F)=C1F.FC1=C(F)C(F)=C2C(F)=C(F)C(F)=C(F)C(F)=C2C(F)=C1F.O. The Morgan fingerprint density at radius 3 is 0.356 bits per heavy atom. The molecular formula is C24H2F20O. The molecule has 0 atom stereocenters. The molecule has 0 amide bonds. The van der Waals surface area contributed by atoms with Crippen molar-refractivity contribution in [3.05, 3.63) is 139 Å². The zero-order valence-corrected chi connectivity index (χ0v) is 20.1. The van der Waals surface area contributed by atoms with Crippen molar-refractivity contribution in [2.24, 2.45) is 0 Å². The van der Waals surface area contributed by atoms with Crippen molar-refractivity contribution in [2.45, 2.75) is 0 Å². The highest BCUT2D eigenvalue weighted by atomic mass is 19.2. The van der Waals surface area contributed by atoms with Crippen molar-refractivity contribution < 1.29 is 93.3 Å². The molecule has 0 aromatic heterocycles. The van der Waals surface area contributed by atoms with Crippen LogP contribution in [-0.4, -0.2) is 5.48 Å². The maximum absolute atomic E-state index is 13.5. The molecule has 0 aromatic rings. The van der Waals surface area contributed by atoms with Gasteiger partial charge in [0.05, 0.1) is 22.3 Å². The first-order valence-electron chi connectivity index (χ1n) is 10.3. The first-order chi connectivity index (χ1) is 20.2. The number of halogens is 20. The van der Waals surface area contributed by atoms with Gasteiger partial charge in [-0.2, -0.15) is 0 Å². The number of rotatable bonds is 0. The highest BCUT2D eigenvalue weighted by Crippen LogP contribution is 2.50. The summed E-state index contributed by atoms with van der Waals surface area (Å²) in [5.41, 5.74) is -9.35. The molecule has 244 valence electrons. The third-order valence-corrected chi connectivity index (χ3v) is 5.34. The topological polar surface area (TPSA) is 31.5 Å². The number of hydrogen-bond acceptors (Lipinski definition) is 0. The fourth-order valence-electron chi connectivity index (χ4n) is 3.30. The third kappa shape index (κ3) is 5.59. The van der Waals surface area contributed by atoms with Crippen LogP contribution in [0.1, 0.15) is 0 Å². The molecular weight excluding hydrogens is 684 g/mol. The van der Waals surface area contributed by atoms with Crippen LogP contribution in [0, 0.1) is 0 Å². The second kappa shape index (κ2) is 12.8. The molecule has 0 unspecified atom stereocenters. The molecule has 0 saturated carbocycles. The average molecular weight is 686 g/mol. The summed E-state index contributed by atoms with van der Waals surface area (Å²) in [6, 6.07) is 0. The summed E-state index contributed by atoms with van der Waals surface area (Å²) in [5, 5.41) is 0. The minimum absolute atomic E-state index is 0. The number of hydrogen-bond donors (Lipinski definition) is 0. The van der Waals surface area contributed by atoms with Crippen LogP contribution in [0.25, 0.3) is 0 Å². The monoisotopic (exact) mass is 686 g/mol. The van der Waals surface area contributed by atoms with Gasteiger partial charge in [0.15, 0.2) is 93.2 Å². The Kier molecular flexibility index (Phi) is 10.4. The van der Waals surface area contributed by atoms with E-state index in [1.165, 1.54) is 0 Å². The van der Waals surface area contributed by atoms with Crippen LogP contribution in [0.15, 0.2) is 139 Å². The van der Waals surface area contributed by atoms with Crippen molar-refractivity contribution in [1.29, 1.82) is 0 Å². The van der Waals surface area contributed by atoms with Crippen LogP contribution in [0.4, 0.5) is 87.8 Å². The lowest BCUT2D eigenvalue weighted by Crippen LogP contribution is -1.98. The molecule has 0 spiro atoms. The Hall–Kier alpha value is -4.56. The zero-order chi connectivity index (χ0) is 33.9. The summed E-state index contributed by atoms with van der Waals surface area (Å²) in [6.45, 7) is 0. The van der Waals surface area contributed by atoms with Gasteiger partial charge in [0.2, 0.25) is 23.3 Å². The highest BCUT2D eigenvalue weighted by molar-refractivity contribution is 5.68. The lowest BCUT2D eigenvalue weighted by atomic mass is 10.0. The fourth-order valence-corrected chi connectivity index (χ4v) is 3.30. The first-order valence-corrected chi connectivity index (χ1v) is 10.3. The van der Waals surface area contributed by atoms with Gasteiger partial charge in [0.1, 0.15) is 0 Å². The standard InChI is InChI=1S/2C12F10.H2O/c2*13-3-1-2(5(15)9(19)11(21)7(3)17)6(16)10(20)12(22)8(18)4(1)14;/h;;1H2. The maximum atomic E-state index is 13.5. The molecule has 21 heteroatoms. The summed E-state index contributed by atoms with van der Waals surface area (Å²) in [4.78, 5) is 0. The lowest BCUT2D eigenvalue weighted by Gasteiger charge is -2.07. The van der Waals surface area contributed by atoms with Crippen molar-refractivity contribution >= 4 is 0 Å². The van der Waals surface area contributed by atoms with E-state index in [9.17, 15) is 87.8 Å². The fraction of sp³-hybridized carbons (Fsp3) is 0. The Labute approximate surface area is 233 Å². The smallest absolute Gasteiger partial charge is 0.200 e. The van der Waals surface area contributed by atoms with Crippen LogP contribution in [0.3, 0.4) is 0 Å². The van der Waals surface area contributed by atoms with E-state index in [1.807, 2.05) is 0 Å². The third-order valence-electron chi connectivity index (χ3n) is 5.34. The molecule has 1 nitrogen and oxygen atoms in total. The molecule has 4 rings (SSSR count). The molecule has 0 fully saturated rings. The molecule has 0 heterocycles. The average Bonchev–Trinajstić information content (AvgIpc) is 3.18. The summed E-state index contributed by atoms with van der Waals surface area (Å²) in [5.74, 6) is -56.2. The van der Waals surface area contributed by atoms with Gasteiger partial charge < -0.3 is 5.48 Å². The molecule has 45 heavy (non-hydrogen) atoms. The molecule has 0 aromatic carbocycles. The van der Waals surface area contributed by atoms with Gasteiger partial charge in [-0.1, -0.05) is 0 Å². The van der Waals surface area contributed by atoms with Crippen LogP contribution in [-0.2, 0) is 0 Å². The van der Waals surface area contributed by atoms with Gasteiger partial charge >= 0.3 is 0 Å². The van der Waals surface area contributed by atoms with Crippen LogP contribution in [0.5, 0.6) is 0 Å². The summed E-state index contributed by atoms with van der Waals surface area (Å²) < 4.78 is 266. The van der Waals surface area contributed by atoms with E-state index in [4.69, 9.17) is 0 Å². The highest BCUT2D eigenvalue weighted by Gasteiger charge is 2.42. The molecule has 0 aliphatic heterocycles. The van der Waals surface area contributed by atoms with Crippen molar-refractivity contribution in [3.63, 3.8) is 0 Å². The van der Waals surface area contributed by atoms with Crippen LogP contribution < -0.4 is 0 Å². The molecule has 4 aliphatic carbocycles. The van der Waals surface area contributed by atoms with Gasteiger partial charge in [-0.05, 0) is 0 Å². The number of fused-ring (bicyclic) bond motifs is 2.